The molecule has 1 heterocycles. The van der Waals surface area contributed by atoms with Crippen LogP contribution < -0.4 is 4.74 Å². The van der Waals surface area contributed by atoms with Crippen molar-refractivity contribution in [2.45, 2.75) is 19.8 Å². The summed E-state index contributed by atoms with van der Waals surface area (Å²) in [5.41, 5.74) is 0. The topological polar surface area (TPSA) is 35.0 Å². The Balaban J connectivity index is 2.32. The molecular formula is C13H11Br3N2O. The van der Waals surface area contributed by atoms with Crippen LogP contribution in [0.1, 0.15) is 25.6 Å². The molecule has 0 aliphatic heterocycles. The van der Waals surface area contributed by atoms with Gasteiger partial charge in [-0.05, 0) is 50.1 Å². The Morgan fingerprint density at radius 2 is 1.79 bits per heavy atom. The van der Waals surface area contributed by atoms with Gasteiger partial charge in [0.15, 0.2) is 0 Å². The van der Waals surface area contributed by atoms with Crippen LogP contribution >= 0.6 is 47.8 Å². The van der Waals surface area contributed by atoms with Crippen molar-refractivity contribution >= 4 is 47.8 Å². The molecule has 0 saturated heterocycles. The molecule has 2 rings (SSSR count). The Labute approximate surface area is 137 Å². The lowest BCUT2D eigenvalue weighted by Crippen LogP contribution is -2.00. The third kappa shape index (κ3) is 4.00. The quantitative estimate of drug-likeness (QED) is 0.564. The molecule has 1 aromatic heterocycles. The van der Waals surface area contributed by atoms with Crippen LogP contribution in [-0.2, 0) is 0 Å². The van der Waals surface area contributed by atoms with Gasteiger partial charge in [-0.2, -0.15) is 4.98 Å². The number of hydrogen-bond donors (Lipinski definition) is 0. The van der Waals surface area contributed by atoms with E-state index in [1.54, 1.807) is 6.07 Å². The number of halogens is 3. The molecule has 0 saturated carbocycles. The smallest absolute Gasteiger partial charge is 0.223 e. The van der Waals surface area contributed by atoms with Crippen LogP contribution in [0.15, 0.2) is 37.8 Å². The van der Waals surface area contributed by atoms with Crippen LogP contribution in [0.2, 0.25) is 0 Å². The van der Waals surface area contributed by atoms with E-state index in [0.717, 1.165) is 19.4 Å². The minimum absolute atomic E-state index is 0.244. The summed E-state index contributed by atoms with van der Waals surface area (Å²) in [7, 11) is 0. The zero-order chi connectivity index (χ0) is 14.0. The monoisotopic (exact) mass is 448 g/mol. The highest BCUT2D eigenvalue weighted by molar-refractivity contribution is 9.11. The predicted octanol–water partition coefficient (Wildman–Crippen LogP) is 5.68. The maximum Gasteiger partial charge on any atom is 0.223 e. The van der Waals surface area contributed by atoms with Gasteiger partial charge in [0.05, 0.1) is 4.47 Å². The maximum atomic E-state index is 5.79. The molecule has 0 N–H and O–H groups in total. The molecule has 3 nitrogen and oxygen atoms in total. The summed E-state index contributed by atoms with van der Waals surface area (Å²) in [6.45, 7) is 4.09. The lowest BCUT2D eigenvalue weighted by Gasteiger charge is -2.10. The first-order chi connectivity index (χ1) is 8.95. The Morgan fingerprint density at radius 3 is 2.42 bits per heavy atom. The van der Waals surface area contributed by atoms with Crippen LogP contribution in [0.4, 0.5) is 0 Å². The van der Waals surface area contributed by atoms with Crippen LogP contribution in [0.5, 0.6) is 11.6 Å². The molecule has 19 heavy (non-hydrogen) atoms. The fourth-order valence-electron chi connectivity index (χ4n) is 1.39. The Kier molecular flexibility index (Phi) is 4.97. The molecule has 0 radical (unpaired) electrons. The summed E-state index contributed by atoms with van der Waals surface area (Å²) in [5, 5.41) is 0. The van der Waals surface area contributed by atoms with Gasteiger partial charge in [0.25, 0.3) is 0 Å². The molecule has 0 amide bonds. The van der Waals surface area contributed by atoms with Crippen LogP contribution in [0.3, 0.4) is 0 Å². The van der Waals surface area contributed by atoms with Gasteiger partial charge in [-0.25, -0.2) is 4.98 Å². The number of hydrogen-bond acceptors (Lipinski definition) is 3. The molecule has 0 aliphatic rings. The highest BCUT2D eigenvalue weighted by atomic mass is 79.9. The minimum atomic E-state index is 0.244. The van der Waals surface area contributed by atoms with E-state index in [9.17, 15) is 0 Å². The Morgan fingerprint density at radius 1 is 1.05 bits per heavy atom. The predicted molar refractivity (Wildman–Crippen MR) is 85.7 cm³/mol. The number of benzene rings is 1. The molecular weight excluding hydrogens is 440 g/mol. The SMILES string of the molecule is CC(C)c1nc(Br)cc(Oc2ccc(Br)cc2Br)n1. The fourth-order valence-corrected chi connectivity index (χ4v) is 2.90. The van der Waals surface area contributed by atoms with Crippen LogP contribution in [0, 0.1) is 0 Å². The highest BCUT2D eigenvalue weighted by Crippen LogP contribution is 2.32. The van der Waals surface area contributed by atoms with E-state index in [4.69, 9.17) is 4.74 Å². The largest absolute Gasteiger partial charge is 0.438 e. The second-order valence-electron chi connectivity index (χ2n) is 4.22. The van der Waals surface area contributed by atoms with Crippen molar-refractivity contribution in [1.82, 2.24) is 9.97 Å². The molecule has 2 aromatic rings. The molecule has 6 heteroatoms. The lowest BCUT2D eigenvalue weighted by molar-refractivity contribution is 0.453. The zero-order valence-corrected chi connectivity index (χ0v) is 15.1. The first kappa shape index (κ1) is 14.9. The summed E-state index contributed by atoms with van der Waals surface area (Å²) in [6.07, 6.45) is 0. The second-order valence-corrected chi connectivity index (χ2v) is 6.80. The van der Waals surface area contributed by atoms with Gasteiger partial charge in [0.2, 0.25) is 5.88 Å². The van der Waals surface area contributed by atoms with E-state index in [-0.39, 0.29) is 5.92 Å². The number of nitrogens with zero attached hydrogens (tertiary/aromatic N) is 2. The standard InChI is InChI=1S/C13H11Br3N2O/c1-7(2)13-17-11(16)6-12(18-13)19-10-4-3-8(14)5-9(10)15/h3-7H,1-2H3. The van der Waals surface area contributed by atoms with Gasteiger partial charge in [0.1, 0.15) is 16.2 Å². The molecule has 0 unspecified atom stereocenters. The van der Waals surface area contributed by atoms with Crippen LogP contribution in [-0.4, -0.2) is 9.97 Å². The maximum absolute atomic E-state index is 5.79. The van der Waals surface area contributed by atoms with Crippen LogP contribution in [0.25, 0.3) is 0 Å². The molecule has 0 atom stereocenters. The summed E-state index contributed by atoms with van der Waals surface area (Å²) < 4.78 is 8.35. The average molecular weight is 451 g/mol. The van der Waals surface area contributed by atoms with Crippen molar-refractivity contribution in [3.05, 3.63) is 43.6 Å². The van der Waals surface area contributed by atoms with Gasteiger partial charge in [-0.15, -0.1) is 0 Å². The van der Waals surface area contributed by atoms with Gasteiger partial charge in [-0.1, -0.05) is 29.8 Å². The van der Waals surface area contributed by atoms with Crippen molar-refractivity contribution in [2.24, 2.45) is 0 Å². The third-order valence-corrected chi connectivity index (χ3v) is 3.83. The summed E-state index contributed by atoms with van der Waals surface area (Å²) in [6, 6.07) is 7.47. The fraction of sp³-hybridized carbons (Fsp3) is 0.231. The van der Waals surface area contributed by atoms with Crippen molar-refractivity contribution < 1.29 is 4.74 Å². The number of ether oxygens (including phenoxy) is 1. The second kappa shape index (κ2) is 6.33. The molecule has 0 spiro atoms. The third-order valence-electron chi connectivity index (χ3n) is 2.31. The van der Waals surface area contributed by atoms with E-state index in [2.05, 4.69) is 57.8 Å². The van der Waals surface area contributed by atoms with Gasteiger partial charge in [0, 0.05) is 16.5 Å². The van der Waals surface area contributed by atoms with E-state index in [1.807, 2.05) is 32.0 Å². The first-order valence-electron chi connectivity index (χ1n) is 5.63. The molecule has 100 valence electrons. The van der Waals surface area contributed by atoms with E-state index >= 15 is 0 Å². The molecule has 1 aromatic carbocycles. The van der Waals surface area contributed by atoms with Gasteiger partial charge in [-0.3, -0.25) is 0 Å². The van der Waals surface area contributed by atoms with Crippen molar-refractivity contribution in [3.63, 3.8) is 0 Å². The Hall–Kier alpha value is -0.460. The first-order valence-corrected chi connectivity index (χ1v) is 8.01. The van der Waals surface area contributed by atoms with Crippen molar-refractivity contribution in [2.75, 3.05) is 0 Å². The summed E-state index contributed by atoms with van der Waals surface area (Å²) in [5.74, 6) is 2.22. The normalized spacial score (nSPS) is 10.8. The number of aromatic nitrogens is 2. The molecule has 0 bridgehead atoms. The average Bonchev–Trinajstić information content (AvgIpc) is 2.32. The van der Waals surface area contributed by atoms with Gasteiger partial charge < -0.3 is 4.74 Å². The van der Waals surface area contributed by atoms with Crippen molar-refractivity contribution in [3.8, 4) is 11.6 Å². The summed E-state index contributed by atoms with van der Waals surface area (Å²) >= 11 is 10.2. The van der Waals surface area contributed by atoms with E-state index < -0.39 is 0 Å². The number of rotatable bonds is 3. The highest BCUT2D eigenvalue weighted by Gasteiger charge is 2.10. The summed E-state index contributed by atoms with van der Waals surface area (Å²) in [4.78, 5) is 8.71. The van der Waals surface area contributed by atoms with E-state index in [0.29, 0.717) is 11.6 Å². The van der Waals surface area contributed by atoms with Crippen molar-refractivity contribution in [1.29, 1.82) is 0 Å². The van der Waals surface area contributed by atoms with Gasteiger partial charge >= 0.3 is 0 Å². The zero-order valence-electron chi connectivity index (χ0n) is 10.3. The minimum Gasteiger partial charge on any atom is -0.438 e. The molecule has 0 fully saturated rings. The molecule has 0 aliphatic carbocycles. The Bertz CT molecular complexity index is 602. The van der Waals surface area contributed by atoms with E-state index in [1.165, 1.54) is 0 Å². The lowest BCUT2D eigenvalue weighted by atomic mass is 10.2.